The highest BCUT2D eigenvalue weighted by Crippen LogP contribution is 2.33. The molecule has 0 unspecified atom stereocenters. The standard InChI is InChI=1S/C22H30N2O3/c1-2-18-20(15-25)19-12-17(14-24-8-4-3-5-9-24)27-22(19)13-21(18)23-16-6-10-26-11-7-16/h12-13,15-16,23H,2-11,14H2,1H3. The van der Waals surface area contributed by atoms with Crippen LogP contribution in [0.4, 0.5) is 5.69 Å². The summed E-state index contributed by atoms with van der Waals surface area (Å²) < 4.78 is 11.6. The minimum absolute atomic E-state index is 0.392. The number of aldehydes is 1. The maximum Gasteiger partial charge on any atom is 0.151 e. The molecule has 0 saturated carbocycles. The number of piperidine rings is 1. The van der Waals surface area contributed by atoms with E-state index in [1.165, 1.54) is 19.3 Å². The summed E-state index contributed by atoms with van der Waals surface area (Å²) >= 11 is 0. The van der Waals surface area contributed by atoms with Crippen molar-refractivity contribution in [3.8, 4) is 0 Å². The first-order valence-corrected chi connectivity index (χ1v) is 10.4. The van der Waals surface area contributed by atoms with Gasteiger partial charge in [0.05, 0.1) is 6.54 Å². The Balaban J connectivity index is 1.65. The van der Waals surface area contributed by atoms with Crippen molar-refractivity contribution in [1.29, 1.82) is 0 Å². The van der Waals surface area contributed by atoms with Crippen molar-refractivity contribution in [2.75, 3.05) is 31.6 Å². The predicted octanol–water partition coefficient (Wildman–Crippen LogP) is 4.38. The molecule has 0 aliphatic carbocycles. The number of rotatable bonds is 6. The van der Waals surface area contributed by atoms with E-state index in [2.05, 4.69) is 29.3 Å². The molecule has 2 fully saturated rings. The van der Waals surface area contributed by atoms with Crippen molar-refractivity contribution >= 4 is 22.9 Å². The van der Waals surface area contributed by atoms with Crippen molar-refractivity contribution in [1.82, 2.24) is 4.90 Å². The summed E-state index contributed by atoms with van der Waals surface area (Å²) in [5, 5.41) is 4.60. The third-order valence-corrected chi connectivity index (χ3v) is 5.91. The molecule has 2 aliphatic heterocycles. The second-order valence-electron chi connectivity index (χ2n) is 7.78. The molecule has 146 valence electrons. The Morgan fingerprint density at radius 2 is 1.96 bits per heavy atom. The van der Waals surface area contributed by atoms with Crippen LogP contribution in [0.3, 0.4) is 0 Å². The van der Waals surface area contributed by atoms with Crippen molar-refractivity contribution in [3.63, 3.8) is 0 Å². The first-order valence-electron chi connectivity index (χ1n) is 10.4. The van der Waals surface area contributed by atoms with Crippen LogP contribution in [0.15, 0.2) is 16.5 Å². The molecule has 2 aliphatic rings. The number of ether oxygens (including phenoxy) is 1. The number of hydrogen-bond acceptors (Lipinski definition) is 5. The molecule has 4 rings (SSSR count). The van der Waals surface area contributed by atoms with Gasteiger partial charge >= 0.3 is 0 Å². The maximum absolute atomic E-state index is 11.9. The lowest BCUT2D eigenvalue weighted by molar-refractivity contribution is 0.0904. The Bertz CT molecular complexity index is 786. The van der Waals surface area contributed by atoms with Crippen LogP contribution in [0.2, 0.25) is 0 Å². The van der Waals surface area contributed by atoms with E-state index in [0.717, 1.165) is 91.9 Å². The summed E-state index contributed by atoms with van der Waals surface area (Å²) in [5.74, 6) is 0.959. The van der Waals surface area contributed by atoms with Gasteiger partial charge in [0, 0.05) is 42.0 Å². The number of furan rings is 1. The molecule has 2 saturated heterocycles. The zero-order valence-electron chi connectivity index (χ0n) is 16.3. The number of carbonyl (C=O) groups excluding carboxylic acids is 1. The SMILES string of the molecule is CCc1c(NC2CCOCC2)cc2oc(CN3CCCCC3)cc2c1C=O. The van der Waals surface area contributed by atoms with Crippen molar-refractivity contribution in [2.24, 2.45) is 0 Å². The first kappa shape index (κ1) is 18.5. The molecular formula is C22H30N2O3. The molecule has 0 amide bonds. The van der Waals surface area contributed by atoms with E-state index < -0.39 is 0 Å². The van der Waals surface area contributed by atoms with Crippen LogP contribution >= 0.6 is 0 Å². The largest absolute Gasteiger partial charge is 0.460 e. The molecule has 1 N–H and O–H groups in total. The van der Waals surface area contributed by atoms with Gasteiger partial charge in [-0.1, -0.05) is 13.3 Å². The summed E-state index contributed by atoms with van der Waals surface area (Å²) in [7, 11) is 0. The zero-order valence-corrected chi connectivity index (χ0v) is 16.3. The number of nitrogens with one attached hydrogen (secondary N) is 1. The number of likely N-dealkylation sites (tertiary alicyclic amines) is 1. The normalized spacial score (nSPS) is 19.4. The molecule has 1 aromatic heterocycles. The van der Waals surface area contributed by atoms with E-state index in [1.54, 1.807) is 0 Å². The lowest BCUT2D eigenvalue weighted by atomic mass is 9.98. The van der Waals surface area contributed by atoms with Gasteiger partial charge in [-0.05, 0) is 56.8 Å². The third-order valence-electron chi connectivity index (χ3n) is 5.91. The van der Waals surface area contributed by atoms with Gasteiger partial charge in [0.2, 0.25) is 0 Å². The van der Waals surface area contributed by atoms with Gasteiger partial charge in [0.25, 0.3) is 0 Å². The molecule has 0 bridgehead atoms. The highest BCUT2D eigenvalue weighted by atomic mass is 16.5. The van der Waals surface area contributed by atoms with E-state index in [0.29, 0.717) is 6.04 Å². The van der Waals surface area contributed by atoms with E-state index >= 15 is 0 Å². The molecule has 3 heterocycles. The second-order valence-corrected chi connectivity index (χ2v) is 7.78. The predicted molar refractivity (Wildman–Crippen MR) is 108 cm³/mol. The van der Waals surface area contributed by atoms with Crippen LogP contribution in [-0.2, 0) is 17.7 Å². The molecular weight excluding hydrogens is 340 g/mol. The van der Waals surface area contributed by atoms with Crippen LogP contribution < -0.4 is 5.32 Å². The molecule has 27 heavy (non-hydrogen) atoms. The van der Waals surface area contributed by atoms with Crippen molar-refractivity contribution < 1.29 is 13.9 Å². The van der Waals surface area contributed by atoms with Gasteiger partial charge in [-0.25, -0.2) is 0 Å². The molecule has 2 aromatic rings. The second kappa shape index (κ2) is 8.44. The number of benzene rings is 1. The Morgan fingerprint density at radius 3 is 2.67 bits per heavy atom. The zero-order chi connectivity index (χ0) is 18.6. The minimum Gasteiger partial charge on any atom is -0.460 e. The number of nitrogens with zero attached hydrogens (tertiary/aromatic N) is 1. The highest BCUT2D eigenvalue weighted by Gasteiger charge is 2.20. The summed E-state index contributed by atoms with van der Waals surface area (Å²) in [6, 6.07) is 4.56. The lowest BCUT2D eigenvalue weighted by Crippen LogP contribution is -2.28. The van der Waals surface area contributed by atoms with Crippen LogP contribution in [-0.4, -0.2) is 43.5 Å². The third kappa shape index (κ3) is 4.04. The fourth-order valence-corrected chi connectivity index (χ4v) is 4.42. The lowest BCUT2D eigenvalue weighted by Gasteiger charge is -2.25. The summed E-state index contributed by atoms with van der Waals surface area (Å²) in [6.07, 6.45) is 7.66. The highest BCUT2D eigenvalue weighted by molar-refractivity contribution is 6.00. The number of anilines is 1. The molecule has 1 aromatic carbocycles. The minimum atomic E-state index is 0.392. The molecule has 0 atom stereocenters. The van der Waals surface area contributed by atoms with Gasteiger partial charge in [0.1, 0.15) is 11.3 Å². The molecule has 5 nitrogen and oxygen atoms in total. The van der Waals surface area contributed by atoms with E-state index in [1.807, 2.05) is 0 Å². The van der Waals surface area contributed by atoms with Gasteiger partial charge in [-0.2, -0.15) is 0 Å². The average molecular weight is 370 g/mol. The Hall–Kier alpha value is -1.85. The van der Waals surface area contributed by atoms with Gasteiger partial charge in [-0.15, -0.1) is 0 Å². The summed E-state index contributed by atoms with van der Waals surface area (Å²) in [5.41, 5.74) is 3.72. The molecule has 5 heteroatoms. The van der Waals surface area contributed by atoms with Crippen LogP contribution in [0, 0.1) is 0 Å². The van der Waals surface area contributed by atoms with E-state index in [-0.39, 0.29) is 0 Å². The molecule has 0 radical (unpaired) electrons. The van der Waals surface area contributed by atoms with E-state index in [4.69, 9.17) is 9.15 Å². The quantitative estimate of drug-likeness (QED) is 0.765. The summed E-state index contributed by atoms with van der Waals surface area (Å²) in [6.45, 7) is 6.79. The van der Waals surface area contributed by atoms with E-state index in [9.17, 15) is 4.79 Å². The van der Waals surface area contributed by atoms with Crippen LogP contribution in [0.1, 0.15) is 60.7 Å². The van der Waals surface area contributed by atoms with Crippen LogP contribution in [0.5, 0.6) is 0 Å². The Morgan fingerprint density at radius 1 is 1.19 bits per heavy atom. The summed E-state index contributed by atoms with van der Waals surface area (Å²) in [4.78, 5) is 14.4. The number of hydrogen-bond donors (Lipinski definition) is 1. The van der Waals surface area contributed by atoms with Crippen molar-refractivity contribution in [3.05, 3.63) is 29.0 Å². The first-order chi connectivity index (χ1) is 13.3. The number of carbonyl (C=O) groups is 1. The monoisotopic (exact) mass is 370 g/mol. The fraction of sp³-hybridized carbons (Fsp3) is 0.591. The Labute approximate surface area is 161 Å². The molecule has 0 spiro atoms. The topological polar surface area (TPSA) is 54.7 Å². The maximum atomic E-state index is 11.9. The van der Waals surface area contributed by atoms with Gasteiger partial charge < -0.3 is 14.5 Å². The average Bonchev–Trinajstić information content (AvgIpc) is 3.10. The fourth-order valence-electron chi connectivity index (χ4n) is 4.42. The Kier molecular flexibility index (Phi) is 5.79. The van der Waals surface area contributed by atoms with Crippen LogP contribution in [0.25, 0.3) is 11.0 Å². The van der Waals surface area contributed by atoms with Gasteiger partial charge in [0.15, 0.2) is 6.29 Å². The number of fused-ring (bicyclic) bond motifs is 1. The smallest absolute Gasteiger partial charge is 0.151 e. The van der Waals surface area contributed by atoms with Crippen molar-refractivity contribution in [2.45, 2.75) is 58.0 Å². The van der Waals surface area contributed by atoms with Gasteiger partial charge in [-0.3, -0.25) is 9.69 Å².